The van der Waals surface area contributed by atoms with Gasteiger partial charge in [0.25, 0.3) is 0 Å². The van der Waals surface area contributed by atoms with Gasteiger partial charge < -0.3 is 4.74 Å². The molecule has 1 aromatic heterocycles. The van der Waals surface area contributed by atoms with Gasteiger partial charge in [0.05, 0.1) is 6.10 Å². The van der Waals surface area contributed by atoms with E-state index >= 15 is 0 Å². The van der Waals surface area contributed by atoms with Gasteiger partial charge in [0.15, 0.2) is 0 Å². The summed E-state index contributed by atoms with van der Waals surface area (Å²) in [6, 6.07) is 5.99. The molecule has 0 aliphatic heterocycles. The van der Waals surface area contributed by atoms with E-state index < -0.39 is 0 Å². The number of rotatable bonds is 6. The Bertz CT molecular complexity index is 235. The second-order valence-corrected chi connectivity index (χ2v) is 3.56. The molecule has 1 unspecified atom stereocenters. The Morgan fingerprint density at radius 3 is 2.93 bits per heavy atom. The summed E-state index contributed by atoms with van der Waals surface area (Å²) < 4.78 is 5.65. The van der Waals surface area contributed by atoms with Gasteiger partial charge in [-0.15, -0.1) is 0 Å². The Morgan fingerprint density at radius 2 is 2.29 bits per heavy atom. The Labute approximate surface area is 86.3 Å². The molecule has 0 fully saturated rings. The summed E-state index contributed by atoms with van der Waals surface area (Å²) in [6.07, 6.45) is 5.35. The lowest BCUT2D eigenvalue weighted by molar-refractivity contribution is 0.0638. The minimum absolute atomic E-state index is 0.274. The van der Waals surface area contributed by atoms with Crippen LogP contribution in [0.15, 0.2) is 24.4 Å². The number of pyridine rings is 1. The van der Waals surface area contributed by atoms with E-state index in [2.05, 4.69) is 18.8 Å². The highest BCUT2D eigenvalue weighted by Gasteiger charge is 2.03. The molecule has 0 bridgehead atoms. The van der Waals surface area contributed by atoms with Crippen LogP contribution in [0.1, 0.15) is 32.4 Å². The van der Waals surface area contributed by atoms with E-state index in [9.17, 15) is 0 Å². The zero-order valence-electron chi connectivity index (χ0n) is 9.07. The summed E-state index contributed by atoms with van der Waals surface area (Å²) >= 11 is 0. The third-order valence-electron chi connectivity index (χ3n) is 2.12. The van der Waals surface area contributed by atoms with Crippen LogP contribution in [0.3, 0.4) is 0 Å². The molecule has 14 heavy (non-hydrogen) atoms. The van der Waals surface area contributed by atoms with E-state index in [1.165, 1.54) is 6.42 Å². The third kappa shape index (κ3) is 4.38. The molecule has 0 aliphatic rings. The van der Waals surface area contributed by atoms with E-state index in [0.29, 0.717) is 0 Å². The molecule has 78 valence electrons. The van der Waals surface area contributed by atoms with Gasteiger partial charge in [0, 0.05) is 24.9 Å². The van der Waals surface area contributed by atoms with E-state index in [-0.39, 0.29) is 6.10 Å². The average molecular weight is 193 g/mol. The first-order valence-corrected chi connectivity index (χ1v) is 5.34. The maximum Gasteiger partial charge on any atom is 0.0602 e. The maximum absolute atomic E-state index is 5.65. The first kappa shape index (κ1) is 11.2. The van der Waals surface area contributed by atoms with Crippen LogP contribution in [0.5, 0.6) is 0 Å². The van der Waals surface area contributed by atoms with Crippen LogP contribution in [-0.4, -0.2) is 17.7 Å². The minimum Gasteiger partial charge on any atom is -0.378 e. The van der Waals surface area contributed by atoms with Gasteiger partial charge in [-0.3, -0.25) is 4.98 Å². The topological polar surface area (TPSA) is 22.1 Å². The number of aromatic nitrogens is 1. The summed E-state index contributed by atoms with van der Waals surface area (Å²) in [6.45, 7) is 5.14. The molecular formula is C12H19NO. The summed E-state index contributed by atoms with van der Waals surface area (Å²) in [5.74, 6) is 0. The smallest absolute Gasteiger partial charge is 0.0602 e. The maximum atomic E-state index is 5.65. The fraction of sp³-hybridized carbons (Fsp3) is 0.583. The molecule has 1 atom stereocenters. The summed E-state index contributed by atoms with van der Waals surface area (Å²) in [5.41, 5.74) is 1.11. The number of hydrogen-bond acceptors (Lipinski definition) is 2. The Kier molecular flexibility index (Phi) is 5.23. The van der Waals surface area contributed by atoms with Crippen molar-refractivity contribution in [3.8, 4) is 0 Å². The van der Waals surface area contributed by atoms with Crippen LogP contribution >= 0.6 is 0 Å². The predicted octanol–water partition coefficient (Wildman–Crippen LogP) is 2.83. The van der Waals surface area contributed by atoms with Crippen LogP contribution in [0, 0.1) is 0 Å². The molecule has 0 N–H and O–H groups in total. The van der Waals surface area contributed by atoms with Gasteiger partial charge in [-0.05, 0) is 25.5 Å². The fourth-order valence-corrected chi connectivity index (χ4v) is 1.30. The zero-order chi connectivity index (χ0) is 10.2. The van der Waals surface area contributed by atoms with E-state index in [1.807, 2.05) is 24.4 Å². The van der Waals surface area contributed by atoms with Crippen molar-refractivity contribution in [3.05, 3.63) is 30.1 Å². The van der Waals surface area contributed by atoms with E-state index in [1.54, 1.807) is 0 Å². The largest absolute Gasteiger partial charge is 0.378 e. The molecule has 1 rings (SSSR count). The molecule has 1 aromatic rings. The van der Waals surface area contributed by atoms with Crippen LogP contribution in [0.2, 0.25) is 0 Å². The van der Waals surface area contributed by atoms with Crippen molar-refractivity contribution in [3.63, 3.8) is 0 Å². The molecular weight excluding hydrogens is 174 g/mol. The fourth-order valence-electron chi connectivity index (χ4n) is 1.30. The molecule has 1 heterocycles. The summed E-state index contributed by atoms with van der Waals surface area (Å²) in [7, 11) is 0. The zero-order valence-corrected chi connectivity index (χ0v) is 9.07. The molecule has 0 spiro atoms. The second-order valence-electron chi connectivity index (χ2n) is 3.56. The summed E-state index contributed by atoms with van der Waals surface area (Å²) in [5, 5.41) is 0. The Balaban J connectivity index is 2.23. The van der Waals surface area contributed by atoms with Gasteiger partial charge in [0.1, 0.15) is 0 Å². The second kappa shape index (κ2) is 6.55. The molecule has 0 aromatic carbocycles. The number of hydrogen-bond donors (Lipinski definition) is 0. The van der Waals surface area contributed by atoms with Crippen LogP contribution in [-0.2, 0) is 11.2 Å². The molecule has 0 saturated carbocycles. The van der Waals surface area contributed by atoms with Gasteiger partial charge in [-0.1, -0.05) is 19.4 Å². The monoisotopic (exact) mass is 193 g/mol. The molecule has 2 nitrogen and oxygen atoms in total. The van der Waals surface area contributed by atoms with Crippen molar-refractivity contribution in [2.45, 2.75) is 39.2 Å². The first-order valence-electron chi connectivity index (χ1n) is 5.34. The predicted molar refractivity (Wildman–Crippen MR) is 58.3 cm³/mol. The van der Waals surface area contributed by atoms with Crippen molar-refractivity contribution in [1.82, 2.24) is 4.98 Å². The van der Waals surface area contributed by atoms with Crippen molar-refractivity contribution < 1.29 is 4.74 Å². The standard InChI is InChI=1S/C12H19NO/c1-3-4-9-14-11(2)10-12-7-5-6-8-13-12/h5-8,11H,3-4,9-10H2,1-2H3. The lowest BCUT2D eigenvalue weighted by atomic mass is 10.2. The van der Waals surface area contributed by atoms with E-state index in [4.69, 9.17) is 4.74 Å². The lowest BCUT2D eigenvalue weighted by Gasteiger charge is -2.11. The molecule has 0 aliphatic carbocycles. The van der Waals surface area contributed by atoms with Crippen molar-refractivity contribution in [1.29, 1.82) is 0 Å². The van der Waals surface area contributed by atoms with Crippen molar-refractivity contribution >= 4 is 0 Å². The molecule has 0 radical (unpaired) electrons. The van der Waals surface area contributed by atoms with Crippen molar-refractivity contribution in [2.75, 3.05) is 6.61 Å². The van der Waals surface area contributed by atoms with Gasteiger partial charge in [0.2, 0.25) is 0 Å². The van der Waals surface area contributed by atoms with Gasteiger partial charge in [-0.2, -0.15) is 0 Å². The molecule has 2 heteroatoms. The Hall–Kier alpha value is -0.890. The van der Waals surface area contributed by atoms with Crippen LogP contribution in [0.25, 0.3) is 0 Å². The van der Waals surface area contributed by atoms with Gasteiger partial charge in [-0.25, -0.2) is 0 Å². The van der Waals surface area contributed by atoms with Gasteiger partial charge >= 0.3 is 0 Å². The molecule has 0 amide bonds. The lowest BCUT2D eigenvalue weighted by Crippen LogP contribution is -2.13. The number of unbranched alkanes of at least 4 members (excludes halogenated alkanes) is 1. The SMILES string of the molecule is CCCCOC(C)Cc1ccccn1. The minimum atomic E-state index is 0.274. The normalized spacial score (nSPS) is 12.7. The van der Waals surface area contributed by atoms with Crippen molar-refractivity contribution in [2.24, 2.45) is 0 Å². The number of ether oxygens (including phenoxy) is 1. The molecule has 0 saturated heterocycles. The Morgan fingerprint density at radius 1 is 1.43 bits per heavy atom. The highest BCUT2D eigenvalue weighted by atomic mass is 16.5. The van der Waals surface area contributed by atoms with E-state index in [0.717, 1.165) is 25.1 Å². The highest BCUT2D eigenvalue weighted by Crippen LogP contribution is 2.03. The highest BCUT2D eigenvalue weighted by molar-refractivity contribution is 5.04. The first-order chi connectivity index (χ1) is 6.83. The number of nitrogens with zero attached hydrogens (tertiary/aromatic N) is 1. The summed E-state index contributed by atoms with van der Waals surface area (Å²) in [4.78, 5) is 4.27. The third-order valence-corrected chi connectivity index (χ3v) is 2.12. The average Bonchev–Trinajstić information content (AvgIpc) is 2.20. The van der Waals surface area contributed by atoms with Crippen LogP contribution < -0.4 is 0 Å². The van der Waals surface area contributed by atoms with Crippen LogP contribution in [0.4, 0.5) is 0 Å². The quantitative estimate of drug-likeness (QED) is 0.648.